The van der Waals surface area contributed by atoms with Gasteiger partial charge < -0.3 is 4.74 Å². The average molecular weight is 236 g/mol. The summed E-state index contributed by atoms with van der Waals surface area (Å²) in [5.41, 5.74) is 0.815. The molecule has 60 valence electrons. The highest BCUT2D eigenvalue weighted by atomic mass is 79.9. The highest BCUT2D eigenvalue weighted by molar-refractivity contribution is 9.11. The third-order valence-electron chi connectivity index (χ3n) is 1.10. The lowest BCUT2D eigenvalue weighted by atomic mass is 10.6. The molecule has 1 heterocycles. The van der Waals surface area contributed by atoms with Crippen molar-refractivity contribution in [2.45, 2.75) is 6.92 Å². The van der Waals surface area contributed by atoms with Crippen LogP contribution < -0.4 is 0 Å². The van der Waals surface area contributed by atoms with Crippen LogP contribution in [-0.2, 0) is 4.74 Å². The number of aryl methyl sites for hydroxylation is 1. The summed E-state index contributed by atoms with van der Waals surface area (Å²) in [7, 11) is 1.34. The molecular formula is C6H6BrNO2S. The number of hydrogen-bond donors (Lipinski definition) is 0. The van der Waals surface area contributed by atoms with Gasteiger partial charge in [0, 0.05) is 0 Å². The fourth-order valence-electron chi connectivity index (χ4n) is 0.552. The number of aromatic nitrogens is 1. The molecule has 0 aliphatic rings. The van der Waals surface area contributed by atoms with Gasteiger partial charge in [-0.3, -0.25) is 0 Å². The van der Waals surface area contributed by atoms with Crippen molar-refractivity contribution in [3.8, 4) is 0 Å². The Balaban J connectivity index is 2.97. The Hall–Kier alpha value is -0.420. The van der Waals surface area contributed by atoms with Crippen LogP contribution in [0.2, 0.25) is 0 Å². The first kappa shape index (κ1) is 8.67. The van der Waals surface area contributed by atoms with Gasteiger partial charge in [-0.1, -0.05) is 11.3 Å². The summed E-state index contributed by atoms with van der Waals surface area (Å²) in [4.78, 5) is 14.9. The first-order chi connectivity index (χ1) is 5.15. The average Bonchev–Trinajstić information content (AvgIpc) is 2.31. The van der Waals surface area contributed by atoms with Crippen molar-refractivity contribution < 1.29 is 9.53 Å². The lowest BCUT2D eigenvalue weighted by Crippen LogP contribution is -1.99. The maximum atomic E-state index is 10.9. The van der Waals surface area contributed by atoms with Crippen LogP contribution in [0.3, 0.4) is 0 Å². The van der Waals surface area contributed by atoms with Gasteiger partial charge in [-0.2, -0.15) is 0 Å². The van der Waals surface area contributed by atoms with Crippen molar-refractivity contribution in [3.63, 3.8) is 0 Å². The van der Waals surface area contributed by atoms with Crippen molar-refractivity contribution >= 4 is 33.2 Å². The van der Waals surface area contributed by atoms with Crippen LogP contribution in [0.15, 0.2) is 3.79 Å². The highest BCUT2D eigenvalue weighted by Gasteiger charge is 2.12. The quantitative estimate of drug-likeness (QED) is 0.700. The molecule has 0 spiro atoms. The number of carbonyl (C=O) groups excluding carboxylic acids is 1. The molecular weight excluding hydrogens is 230 g/mol. The second-order valence-electron chi connectivity index (χ2n) is 1.87. The number of methoxy groups -OCH3 is 1. The van der Waals surface area contributed by atoms with Gasteiger partial charge in [-0.15, -0.1) is 0 Å². The zero-order valence-corrected chi connectivity index (χ0v) is 8.45. The first-order valence-corrected chi connectivity index (χ1v) is 4.47. The number of nitrogens with zero attached hydrogens (tertiary/aromatic N) is 1. The summed E-state index contributed by atoms with van der Waals surface area (Å²) in [5.74, 6) is -0.385. The molecule has 0 aliphatic carbocycles. The molecule has 0 saturated heterocycles. The first-order valence-electron chi connectivity index (χ1n) is 2.86. The Kier molecular flexibility index (Phi) is 2.62. The molecule has 1 rings (SSSR count). The predicted octanol–water partition coefficient (Wildman–Crippen LogP) is 2.00. The van der Waals surface area contributed by atoms with E-state index >= 15 is 0 Å². The van der Waals surface area contributed by atoms with E-state index < -0.39 is 0 Å². The second kappa shape index (κ2) is 3.32. The zero-order chi connectivity index (χ0) is 8.43. The fraction of sp³-hybridized carbons (Fsp3) is 0.333. The fourth-order valence-corrected chi connectivity index (χ4v) is 1.81. The number of carbonyl (C=O) groups is 1. The van der Waals surface area contributed by atoms with Crippen LogP contribution in [0.25, 0.3) is 0 Å². The standard InChI is InChI=1S/C6H6BrNO2S/c1-3-4(7)11-5(8-3)6(9)10-2/h1-2H3. The van der Waals surface area contributed by atoms with Gasteiger partial charge in [0.2, 0.25) is 5.01 Å². The summed E-state index contributed by atoms with van der Waals surface area (Å²) in [6.45, 7) is 1.83. The monoisotopic (exact) mass is 235 g/mol. The Bertz CT molecular complexity index is 265. The van der Waals surface area contributed by atoms with Gasteiger partial charge in [0.05, 0.1) is 16.6 Å². The largest absolute Gasteiger partial charge is 0.464 e. The molecule has 0 aromatic carbocycles. The Morgan fingerprint density at radius 3 is 2.73 bits per heavy atom. The van der Waals surface area contributed by atoms with Crippen LogP contribution in [0.5, 0.6) is 0 Å². The molecule has 0 unspecified atom stereocenters. The van der Waals surface area contributed by atoms with E-state index in [1.807, 2.05) is 6.92 Å². The van der Waals surface area contributed by atoms with Crippen LogP contribution in [-0.4, -0.2) is 18.1 Å². The Morgan fingerprint density at radius 2 is 2.36 bits per heavy atom. The summed E-state index contributed by atoms with van der Waals surface area (Å²) < 4.78 is 5.37. The van der Waals surface area contributed by atoms with Crippen LogP contribution >= 0.6 is 27.3 Å². The molecule has 1 aromatic heterocycles. The van der Waals surface area contributed by atoms with Crippen molar-refractivity contribution in [3.05, 3.63) is 14.5 Å². The van der Waals surface area contributed by atoms with Crippen molar-refractivity contribution in [2.75, 3.05) is 7.11 Å². The molecule has 0 amide bonds. The predicted molar refractivity (Wildman–Crippen MR) is 45.9 cm³/mol. The van der Waals surface area contributed by atoms with Gasteiger partial charge in [-0.05, 0) is 22.9 Å². The molecule has 0 aliphatic heterocycles. The molecule has 0 fully saturated rings. The Morgan fingerprint density at radius 1 is 1.73 bits per heavy atom. The molecule has 0 N–H and O–H groups in total. The molecule has 11 heavy (non-hydrogen) atoms. The number of hydrogen-bond acceptors (Lipinski definition) is 4. The smallest absolute Gasteiger partial charge is 0.367 e. The summed E-state index contributed by atoms with van der Waals surface area (Å²) in [6.07, 6.45) is 0. The minimum Gasteiger partial charge on any atom is -0.464 e. The number of thiazole rings is 1. The molecule has 5 heteroatoms. The molecule has 0 saturated carbocycles. The maximum absolute atomic E-state index is 10.9. The van der Waals surface area contributed by atoms with Gasteiger partial charge in [-0.25, -0.2) is 9.78 Å². The highest BCUT2D eigenvalue weighted by Crippen LogP contribution is 2.24. The summed E-state index contributed by atoms with van der Waals surface area (Å²) in [5, 5.41) is 0.386. The van der Waals surface area contributed by atoms with Crippen LogP contribution in [0, 0.1) is 6.92 Å². The van der Waals surface area contributed by atoms with E-state index in [1.165, 1.54) is 18.4 Å². The number of esters is 1. The lowest BCUT2D eigenvalue weighted by molar-refractivity contribution is 0.0600. The van der Waals surface area contributed by atoms with Crippen molar-refractivity contribution in [2.24, 2.45) is 0 Å². The van der Waals surface area contributed by atoms with Crippen molar-refractivity contribution in [1.82, 2.24) is 4.98 Å². The van der Waals surface area contributed by atoms with Gasteiger partial charge >= 0.3 is 5.97 Å². The molecule has 0 radical (unpaired) electrons. The number of ether oxygens (including phenoxy) is 1. The molecule has 0 bridgehead atoms. The molecule has 0 atom stereocenters. The van der Waals surface area contributed by atoms with Crippen LogP contribution in [0.1, 0.15) is 15.5 Å². The SMILES string of the molecule is COC(=O)c1nc(C)c(Br)s1. The molecule has 1 aromatic rings. The summed E-state index contributed by atoms with van der Waals surface area (Å²) >= 11 is 4.54. The van der Waals surface area contributed by atoms with E-state index in [0.717, 1.165) is 9.48 Å². The van der Waals surface area contributed by atoms with Crippen molar-refractivity contribution in [1.29, 1.82) is 0 Å². The minimum absolute atomic E-state index is 0.385. The summed E-state index contributed by atoms with van der Waals surface area (Å²) in [6, 6.07) is 0. The minimum atomic E-state index is -0.385. The van der Waals surface area contributed by atoms with E-state index in [4.69, 9.17) is 0 Å². The Labute approximate surface area is 76.5 Å². The third-order valence-corrected chi connectivity index (χ3v) is 3.09. The van der Waals surface area contributed by atoms with E-state index in [2.05, 4.69) is 25.7 Å². The maximum Gasteiger partial charge on any atom is 0.367 e. The van der Waals surface area contributed by atoms with E-state index in [1.54, 1.807) is 0 Å². The van der Waals surface area contributed by atoms with E-state index in [9.17, 15) is 4.79 Å². The molecule has 3 nitrogen and oxygen atoms in total. The lowest BCUT2D eigenvalue weighted by Gasteiger charge is -1.89. The van der Waals surface area contributed by atoms with Gasteiger partial charge in [0.15, 0.2) is 0 Å². The van der Waals surface area contributed by atoms with Crippen LogP contribution in [0.4, 0.5) is 0 Å². The zero-order valence-electron chi connectivity index (χ0n) is 6.05. The normalized spacial score (nSPS) is 9.73. The number of halogens is 1. The number of rotatable bonds is 1. The third kappa shape index (κ3) is 1.78. The van der Waals surface area contributed by atoms with Gasteiger partial charge in [0.1, 0.15) is 0 Å². The topological polar surface area (TPSA) is 39.2 Å². The second-order valence-corrected chi connectivity index (χ2v) is 4.19. The van der Waals surface area contributed by atoms with E-state index in [-0.39, 0.29) is 5.97 Å². The van der Waals surface area contributed by atoms with Gasteiger partial charge in [0.25, 0.3) is 0 Å². The van der Waals surface area contributed by atoms with E-state index in [0.29, 0.717) is 5.01 Å².